The maximum absolute atomic E-state index is 3.69. The molecule has 1 aliphatic heterocycles. The van der Waals surface area contributed by atoms with Crippen LogP contribution in [0, 0.1) is 12.8 Å². The normalized spacial score (nSPS) is 27.4. The first-order valence-corrected chi connectivity index (χ1v) is 7.02. The van der Waals surface area contributed by atoms with Gasteiger partial charge in [0.2, 0.25) is 0 Å². The molecule has 0 amide bonds. The van der Waals surface area contributed by atoms with Crippen LogP contribution >= 0.6 is 0 Å². The third-order valence-electron chi connectivity index (χ3n) is 4.92. The van der Waals surface area contributed by atoms with Crippen LogP contribution in [0.25, 0.3) is 10.9 Å². The predicted octanol–water partition coefficient (Wildman–Crippen LogP) is 3.07. The zero-order valence-corrected chi connectivity index (χ0v) is 11.2. The summed E-state index contributed by atoms with van der Waals surface area (Å²) in [7, 11) is 2.26. The van der Waals surface area contributed by atoms with E-state index in [9.17, 15) is 0 Å². The number of benzene rings is 1. The standard InChI is InChI=1S/C16H20N2/c1-10-4-3-5-12-15-13-9-18(2)8-11(13)6-7-14(15)17-16(10)12/h3-5,11,13,17H,6-9H2,1-2H3/t11-,13+/m1/s1. The topological polar surface area (TPSA) is 19.0 Å². The Morgan fingerprint density at radius 1 is 1.28 bits per heavy atom. The molecule has 2 nitrogen and oxygen atoms in total. The Morgan fingerprint density at radius 3 is 3.06 bits per heavy atom. The highest BCUT2D eigenvalue weighted by molar-refractivity contribution is 5.88. The minimum atomic E-state index is 0.759. The molecule has 2 aliphatic rings. The summed E-state index contributed by atoms with van der Waals surface area (Å²) in [4.78, 5) is 6.19. The van der Waals surface area contributed by atoms with Crippen LogP contribution in [0.15, 0.2) is 18.2 Å². The summed E-state index contributed by atoms with van der Waals surface area (Å²) in [5, 5.41) is 1.48. The maximum Gasteiger partial charge on any atom is 0.0488 e. The van der Waals surface area contributed by atoms with Crippen molar-refractivity contribution < 1.29 is 0 Å². The lowest BCUT2D eigenvalue weighted by Gasteiger charge is -2.24. The van der Waals surface area contributed by atoms with Crippen LogP contribution in [0.1, 0.15) is 29.2 Å². The number of fused-ring (bicyclic) bond motifs is 5. The maximum atomic E-state index is 3.69. The molecule has 1 aromatic heterocycles. The number of rotatable bonds is 0. The Labute approximate surface area is 108 Å². The average Bonchev–Trinajstić information content (AvgIpc) is 2.88. The van der Waals surface area contributed by atoms with Crippen molar-refractivity contribution in [1.29, 1.82) is 0 Å². The Hall–Kier alpha value is -1.28. The van der Waals surface area contributed by atoms with E-state index >= 15 is 0 Å². The summed E-state index contributed by atoms with van der Waals surface area (Å²) >= 11 is 0. The van der Waals surface area contributed by atoms with Gasteiger partial charge in [0.1, 0.15) is 0 Å². The number of aryl methyl sites for hydroxylation is 2. The molecular formula is C16H20N2. The van der Waals surface area contributed by atoms with Crippen LogP contribution < -0.4 is 0 Å². The summed E-state index contributed by atoms with van der Waals surface area (Å²) in [6.45, 7) is 4.73. The third-order valence-corrected chi connectivity index (χ3v) is 4.92. The number of aromatic nitrogens is 1. The van der Waals surface area contributed by atoms with Gasteiger partial charge in [-0.15, -0.1) is 0 Å². The van der Waals surface area contributed by atoms with Crippen molar-refractivity contribution in [3.05, 3.63) is 35.0 Å². The van der Waals surface area contributed by atoms with Crippen molar-refractivity contribution in [2.75, 3.05) is 20.1 Å². The van der Waals surface area contributed by atoms with E-state index in [1.54, 1.807) is 5.56 Å². The summed E-state index contributed by atoms with van der Waals surface area (Å²) in [6, 6.07) is 6.72. The molecule has 0 saturated carbocycles. The Bertz CT molecular complexity index is 611. The van der Waals surface area contributed by atoms with Crippen LogP contribution in [0.5, 0.6) is 0 Å². The lowest BCUT2D eigenvalue weighted by molar-refractivity contribution is 0.386. The zero-order valence-electron chi connectivity index (χ0n) is 11.2. The van der Waals surface area contributed by atoms with E-state index in [1.807, 2.05) is 0 Å². The monoisotopic (exact) mass is 240 g/mol. The number of aromatic amines is 1. The van der Waals surface area contributed by atoms with Crippen molar-refractivity contribution in [2.24, 2.45) is 5.92 Å². The molecule has 2 heterocycles. The number of likely N-dealkylation sites (tertiary alicyclic amines) is 1. The van der Waals surface area contributed by atoms with E-state index < -0.39 is 0 Å². The molecule has 0 bridgehead atoms. The Kier molecular flexibility index (Phi) is 2.13. The number of para-hydroxylation sites is 1. The molecule has 1 N–H and O–H groups in total. The molecule has 2 atom stereocenters. The van der Waals surface area contributed by atoms with Gasteiger partial charge in [0.25, 0.3) is 0 Å². The van der Waals surface area contributed by atoms with Crippen LogP contribution in [0.2, 0.25) is 0 Å². The Morgan fingerprint density at radius 2 is 2.17 bits per heavy atom. The molecule has 1 aromatic carbocycles. The number of hydrogen-bond acceptors (Lipinski definition) is 1. The van der Waals surface area contributed by atoms with E-state index in [0.717, 1.165) is 11.8 Å². The quantitative estimate of drug-likeness (QED) is 0.750. The first kappa shape index (κ1) is 10.6. The molecule has 0 spiro atoms. The first-order valence-electron chi connectivity index (χ1n) is 7.02. The summed E-state index contributed by atoms with van der Waals surface area (Å²) in [5.74, 6) is 1.64. The molecule has 1 saturated heterocycles. The number of nitrogens with one attached hydrogen (secondary N) is 1. The summed E-state index contributed by atoms with van der Waals surface area (Å²) in [6.07, 6.45) is 2.59. The lowest BCUT2D eigenvalue weighted by Crippen LogP contribution is -2.18. The van der Waals surface area contributed by atoms with E-state index in [4.69, 9.17) is 0 Å². The van der Waals surface area contributed by atoms with Gasteiger partial charge in [-0.25, -0.2) is 0 Å². The fourth-order valence-electron chi connectivity index (χ4n) is 4.10. The fourth-order valence-corrected chi connectivity index (χ4v) is 4.10. The molecule has 0 unspecified atom stereocenters. The largest absolute Gasteiger partial charge is 0.358 e. The van der Waals surface area contributed by atoms with Gasteiger partial charge in [-0.05, 0) is 43.9 Å². The van der Waals surface area contributed by atoms with Gasteiger partial charge in [-0.2, -0.15) is 0 Å². The van der Waals surface area contributed by atoms with Gasteiger partial charge in [-0.3, -0.25) is 0 Å². The van der Waals surface area contributed by atoms with E-state index in [2.05, 4.69) is 42.1 Å². The zero-order chi connectivity index (χ0) is 12.3. The van der Waals surface area contributed by atoms with Crippen LogP contribution in [0.3, 0.4) is 0 Å². The highest BCUT2D eigenvalue weighted by Crippen LogP contribution is 2.44. The molecule has 4 rings (SSSR count). The molecule has 94 valence electrons. The average molecular weight is 240 g/mol. The summed E-state index contributed by atoms with van der Waals surface area (Å²) < 4.78 is 0. The first-order chi connectivity index (χ1) is 8.74. The lowest BCUT2D eigenvalue weighted by atomic mass is 9.79. The number of hydrogen-bond donors (Lipinski definition) is 1. The number of likely N-dealkylation sites (N-methyl/N-ethyl adjacent to an activating group) is 1. The van der Waals surface area contributed by atoms with Crippen molar-refractivity contribution in [2.45, 2.75) is 25.7 Å². The highest BCUT2D eigenvalue weighted by atomic mass is 15.1. The van der Waals surface area contributed by atoms with Gasteiger partial charge >= 0.3 is 0 Å². The van der Waals surface area contributed by atoms with Crippen LogP contribution in [-0.2, 0) is 6.42 Å². The fraction of sp³-hybridized carbons (Fsp3) is 0.500. The van der Waals surface area contributed by atoms with Gasteiger partial charge in [-0.1, -0.05) is 18.2 Å². The number of nitrogens with zero attached hydrogens (tertiary/aromatic N) is 1. The van der Waals surface area contributed by atoms with Crippen molar-refractivity contribution >= 4 is 10.9 Å². The second-order valence-corrected chi connectivity index (χ2v) is 6.14. The van der Waals surface area contributed by atoms with Crippen LogP contribution in [-0.4, -0.2) is 30.0 Å². The molecular weight excluding hydrogens is 220 g/mol. The van der Waals surface area contributed by atoms with Crippen molar-refractivity contribution in [3.63, 3.8) is 0 Å². The van der Waals surface area contributed by atoms with Crippen LogP contribution in [0.4, 0.5) is 0 Å². The smallest absolute Gasteiger partial charge is 0.0488 e. The van der Waals surface area contributed by atoms with E-state index in [1.165, 1.54) is 48.1 Å². The molecule has 1 aliphatic carbocycles. The minimum absolute atomic E-state index is 0.759. The summed E-state index contributed by atoms with van der Waals surface area (Å²) in [5.41, 5.74) is 5.90. The SMILES string of the molecule is Cc1cccc2c3c([nH]c12)CC[C@@H]1CN(C)C[C@H]31. The molecule has 2 heteroatoms. The van der Waals surface area contributed by atoms with Crippen molar-refractivity contribution in [1.82, 2.24) is 9.88 Å². The molecule has 18 heavy (non-hydrogen) atoms. The van der Waals surface area contributed by atoms with E-state index in [-0.39, 0.29) is 0 Å². The number of H-pyrrole nitrogens is 1. The minimum Gasteiger partial charge on any atom is -0.358 e. The highest BCUT2D eigenvalue weighted by Gasteiger charge is 2.37. The van der Waals surface area contributed by atoms with Gasteiger partial charge in [0, 0.05) is 35.6 Å². The molecule has 0 radical (unpaired) electrons. The second-order valence-electron chi connectivity index (χ2n) is 6.14. The second kappa shape index (κ2) is 3.61. The molecule has 1 fully saturated rings. The van der Waals surface area contributed by atoms with Gasteiger partial charge in [0.15, 0.2) is 0 Å². The Balaban J connectivity index is 1.96. The third kappa shape index (κ3) is 1.33. The van der Waals surface area contributed by atoms with Crippen molar-refractivity contribution in [3.8, 4) is 0 Å². The van der Waals surface area contributed by atoms with E-state index in [0.29, 0.717) is 0 Å². The molecule has 2 aromatic rings. The van der Waals surface area contributed by atoms with Gasteiger partial charge < -0.3 is 9.88 Å². The predicted molar refractivity (Wildman–Crippen MR) is 75.1 cm³/mol. The van der Waals surface area contributed by atoms with Gasteiger partial charge in [0.05, 0.1) is 0 Å².